The van der Waals surface area contributed by atoms with Crippen LogP contribution in [0, 0.1) is 11.7 Å². The molecule has 1 amide bonds. The molecule has 1 N–H and O–H groups in total. The summed E-state index contributed by atoms with van der Waals surface area (Å²) in [7, 11) is 2.62. The van der Waals surface area contributed by atoms with Crippen LogP contribution in [0.4, 0.5) is 17.6 Å². The zero-order chi connectivity index (χ0) is 23.5. The Morgan fingerprint density at radius 3 is 2.62 bits per heavy atom. The number of alkyl halides is 3. The van der Waals surface area contributed by atoms with Gasteiger partial charge in [-0.25, -0.2) is 9.37 Å². The van der Waals surface area contributed by atoms with E-state index in [4.69, 9.17) is 9.47 Å². The number of likely N-dealkylation sites (tertiary alicyclic amines) is 1. The lowest BCUT2D eigenvalue weighted by molar-refractivity contribution is -0.173. The molecule has 2 heterocycles. The van der Waals surface area contributed by atoms with Crippen LogP contribution in [-0.2, 0) is 14.3 Å². The number of fused-ring (bicyclic) bond motifs is 1. The van der Waals surface area contributed by atoms with Gasteiger partial charge in [-0.15, -0.1) is 0 Å². The Hall–Kier alpha value is -2.95. The average Bonchev–Trinajstić information content (AvgIpc) is 3.22. The fraction of sp³-hybridized carbons (Fsp3) is 0.476. The number of aromatic nitrogens is 1. The first-order valence-corrected chi connectivity index (χ1v) is 9.92. The largest absolute Gasteiger partial charge is 0.481 e. The van der Waals surface area contributed by atoms with Crippen LogP contribution < -0.4 is 10.1 Å². The second-order valence-electron chi connectivity index (χ2n) is 7.58. The van der Waals surface area contributed by atoms with Gasteiger partial charge in [-0.2, -0.15) is 13.2 Å². The molecule has 1 fully saturated rings. The number of nitrogens with zero attached hydrogens (tertiary/aromatic N) is 2. The molecule has 1 saturated heterocycles. The molecule has 1 aromatic carbocycles. The van der Waals surface area contributed by atoms with Crippen molar-refractivity contribution in [1.82, 2.24) is 15.2 Å². The molecular formula is C21H23F4N3O4. The van der Waals surface area contributed by atoms with Gasteiger partial charge in [-0.1, -0.05) is 0 Å². The van der Waals surface area contributed by atoms with Gasteiger partial charge in [0.15, 0.2) is 0 Å². The van der Waals surface area contributed by atoms with Crippen molar-refractivity contribution in [3.05, 3.63) is 35.6 Å². The minimum absolute atomic E-state index is 0.0714. The summed E-state index contributed by atoms with van der Waals surface area (Å²) >= 11 is 0. The number of hydrogen-bond acceptors (Lipinski definition) is 6. The summed E-state index contributed by atoms with van der Waals surface area (Å²) in [6, 6.07) is 6.12. The Balaban J connectivity index is 1.80. The van der Waals surface area contributed by atoms with Crippen molar-refractivity contribution in [2.75, 3.05) is 40.4 Å². The predicted molar refractivity (Wildman–Crippen MR) is 107 cm³/mol. The molecule has 3 rings (SSSR count). The number of rotatable bonds is 7. The third-order valence-corrected chi connectivity index (χ3v) is 5.49. The van der Waals surface area contributed by atoms with Crippen molar-refractivity contribution in [2.45, 2.75) is 18.5 Å². The molecule has 0 bridgehead atoms. The van der Waals surface area contributed by atoms with Gasteiger partial charge in [0, 0.05) is 36.7 Å². The van der Waals surface area contributed by atoms with Gasteiger partial charge < -0.3 is 19.7 Å². The molecule has 0 radical (unpaired) electrons. The van der Waals surface area contributed by atoms with Crippen LogP contribution in [0.3, 0.4) is 0 Å². The van der Waals surface area contributed by atoms with E-state index in [1.807, 2.05) is 10.2 Å². The highest BCUT2D eigenvalue weighted by Gasteiger charge is 2.39. The monoisotopic (exact) mass is 457 g/mol. The number of amides is 1. The van der Waals surface area contributed by atoms with Crippen molar-refractivity contribution < 1.29 is 36.6 Å². The summed E-state index contributed by atoms with van der Waals surface area (Å²) in [6.45, 7) is 0.766. The van der Waals surface area contributed by atoms with Crippen molar-refractivity contribution >= 4 is 22.8 Å². The predicted octanol–water partition coefficient (Wildman–Crippen LogP) is 2.64. The standard InChI is InChI=1S/C21H23F4N3O4/c1-31-16-6-4-13-3-5-15(22)17(18(13)27-16)14(19(29)32-2)11-28-8-7-12(10-28)9-26-20(30)21(23,24)25/h3-6,12,14H,7-11H2,1-2H3,(H,26,30)/t12-,14?/m0/s1. The van der Waals surface area contributed by atoms with Gasteiger partial charge in [0.05, 0.1) is 25.7 Å². The number of benzene rings is 1. The molecule has 2 aromatic rings. The minimum Gasteiger partial charge on any atom is -0.481 e. The molecule has 2 atom stereocenters. The first kappa shape index (κ1) is 23.7. The fourth-order valence-electron chi connectivity index (χ4n) is 3.88. The highest BCUT2D eigenvalue weighted by molar-refractivity contribution is 5.89. The number of hydrogen-bond donors (Lipinski definition) is 1. The fourth-order valence-corrected chi connectivity index (χ4v) is 3.88. The van der Waals surface area contributed by atoms with E-state index in [0.717, 1.165) is 0 Å². The second-order valence-corrected chi connectivity index (χ2v) is 7.58. The summed E-state index contributed by atoms with van der Waals surface area (Å²) in [5.74, 6) is -4.24. The van der Waals surface area contributed by atoms with E-state index in [9.17, 15) is 27.2 Å². The topological polar surface area (TPSA) is 80.8 Å². The maximum absolute atomic E-state index is 14.9. The number of carbonyl (C=O) groups excluding carboxylic acids is 2. The van der Waals surface area contributed by atoms with Gasteiger partial charge in [-0.05, 0) is 37.1 Å². The lowest BCUT2D eigenvalue weighted by Gasteiger charge is -2.24. The van der Waals surface area contributed by atoms with Crippen molar-refractivity contribution in [3.63, 3.8) is 0 Å². The molecule has 0 saturated carbocycles. The van der Waals surface area contributed by atoms with Crippen LogP contribution in [0.2, 0.25) is 0 Å². The van der Waals surface area contributed by atoms with E-state index in [2.05, 4.69) is 4.98 Å². The zero-order valence-corrected chi connectivity index (χ0v) is 17.5. The Labute approximate surface area is 181 Å². The van der Waals surface area contributed by atoms with Crippen molar-refractivity contribution in [3.8, 4) is 5.88 Å². The van der Waals surface area contributed by atoms with E-state index in [0.29, 0.717) is 24.9 Å². The molecule has 174 valence electrons. The van der Waals surface area contributed by atoms with Crippen LogP contribution in [-0.4, -0.2) is 68.3 Å². The van der Waals surface area contributed by atoms with Crippen molar-refractivity contribution in [2.24, 2.45) is 5.92 Å². The van der Waals surface area contributed by atoms with Gasteiger partial charge in [0.2, 0.25) is 5.88 Å². The summed E-state index contributed by atoms with van der Waals surface area (Å²) in [4.78, 5) is 29.8. The molecule has 1 aliphatic rings. The lowest BCUT2D eigenvalue weighted by atomic mass is 9.95. The van der Waals surface area contributed by atoms with Crippen LogP contribution in [0.5, 0.6) is 5.88 Å². The first-order chi connectivity index (χ1) is 15.1. The molecule has 0 spiro atoms. The SMILES string of the molecule is COC(=O)C(CN1CC[C@@H](CNC(=O)C(F)(F)F)C1)c1c(F)ccc2ccc(OC)nc12. The van der Waals surface area contributed by atoms with Gasteiger partial charge >= 0.3 is 18.1 Å². The third kappa shape index (κ3) is 5.26. The first-order valence-electron chi connectivity index (χ1n) is 9.92. The maximum Gasteiger partial charge on any atom is 0.471 e. The molecule has 1 unspecified atom stereocenters. The van der Waals surface area contributed by atoms with E-state index >= 15 is 0 Å². The third-order valence-electron chi connectivity index (χ3n) is 5.49. The van der Waals surface area contributed by atoms with E-state index < -0.39 is 29.8 Å². The number of carbonyl (C=O) groups is 2. The Bertz CT molecular complexity index is 999. The summed E-state index contributed by atoms with van der Waals surface area (Å²) in [5, 5.41) is 2.50. The lowest BCUT2D eigenvalue weighted by Crippen LogP contribution is -2.40. The second kappa shape index (κ2) is 9.68. The van der Waals surface area contributed by atoms with Crippen molar-refractivity contribution in [1.29, 1.82) is 0 Å². The number of methoxy groups -OCH3 is 2. The van der Waals surface area contributed by atoms with Crippen LogP contribution in [0.25, 0.3) is 10.9 Å². The number of ether oxygens (including phenoxy) is 2. The molecule has 11 heteroatoms. The Kier molecular flexibility index (Phi) is 7.17. The van der Waals surface area contributed by atoms with E-state index in [1.165, 1.54) is 20.3 Å². The van der Waals surface area contributed by atoms with E-state index in [1.54, 1.807) is 18.2 Å². The molecule has 1 aromatic heterocycles. The Morgan fingerprint density at radius 1 is 1.25 bits per heavy atom. The summed E-state index contributed by atoms with van der Waals surface area (Å²) in [5.41, 5.74) is 0.343. The summed E-state index contributed by atoms with van der Waals surface area (Å²) in [6.07, 6.45) is -4.41. The van der Waals surface area contributed by atoms with Gasteiger partial charge in [-0.3, -0.25) is 9.59 Å². The molecule has 7 nitrogen and oxygen atoms in total. The van der Waals surface area contributed by atoms with Gasteiger partial charge in [0.1, 0.15) is 5.82 Å². The van der Waals surface area contributed by atoms with Crippen LogP contribution in [0.1, 0.15) is 17.9 Å². The number of pyridine rings is 1. The highest BCUT2D eigenvalue weighted by atomic mass is 19.4. The van der Waals surface area contributed by atoms with Crippen LogP contribution in [0.15, 0.2) is 24.3 Å². The molecule has 1 aliphatic heterocycles. The maximum atomic E-state index is 14.9. The quantitative estimate of drug-likeness (QED) is 0.509. The normalized spacial score (nSPS) is 17.9. The number of nitrogens with one attached hydrogen (secondary N) is 1. The summed E-state index contributed by atoms with van der Waals surface area (Å²) < 4.78 is 62.1. The van der Waals surface area contributed by atoms with Gasteiger partial charge in [0.25, 0.3) is 0 Å². The molecule has 0 aliphatic carbocycles. The number of esters is 1. The van der Waals surface area contributed by atoms with E-state index in [-0.39, 0.29) is 36.0 Å². The minimum atomic E-state index is -4.94. The smallest absolute Gasteiger partial charge is 0.471 e. The average molecular weight is 457 g/mol. The molecule has 32 heavy (non-hydrogen) atoms. The van der Waals surface area contributed by atoms with Crippen LogP contribution >= 0.6 is 0 Å². The zero-order valence-electron chi connectivity index (χ0n) is 17.5. The number of halogens is 4. The highest BCUT2D eigenvalue weighted by Crippen LogP contribution is 2.31. The molecular weight excluding hydrogens is 434 g/mol. The Morgan fingerprint density at radius 2 is 1.97 bits per heavy atom.